The largest absolute Gasteiger partial charge is 0.416 e. The molecule has 2 nitrogen and oxygen atoms in total. The third-order valence-corrected chi connectivity index (χ3v) is 2.77. The van der Waals surface area contributed by atoms with Crippen LogP contribution < -0.4 is 0 Å². The standard InChI is InChI=1S/C11H7BrF3NO/c1-6-8(10(17)4-12)2-7(5-16)3-9(6)11(13,14)15/h2-3H,4H2,1H3. The predicted octanol–water partition coefficient (Wildman–Crippen LogP) is 3.46. The van der Waals surface area contributed by atoms with Gasteiger partial charge in [-0.2, -0.15) is 18.4 Å². The molecule has 6 heteroatoms. The minimum Gasteiger partial charge on any atom is -0.293 e. The van der Waals surface area contributed by atoms with E-state index in [1.165, 1.54) is 13.0 Å². The normalized spacial score (nSPS) is 11.1. The molecule has 1 aromatic carbocycles. The molecule has 1 rings (SSSR count). The Labute approximate surface area is 104 Å². The molecule has 90 valence electrons. The number of carbonyl (C=O) groups is 1. The number of hydrogen-bond donors (Lipinski definition) is 0. The van der Waals surface area contributed by atoms with E-state index in [0.29, 0.717) is 0 Å². The summed E-state index contributed by atoms with van der Waals surface area (Å²) in [4.78, 5) is 11.5. The van der Waals surface area contributed by atoms with Crippen LogP contribution in [0.5, 0.6) is 0 Å². The Hall–Kier alpha value is -1.35. The summed E-state index contributed by atoms with van der Waals surface area (Å²) in [5, 5.41) is 8.57. The molecule has 0 amide bonds. The number of ketones is 1. The lowest BCUT2D eigenvalue weighted by Crippen LogP contribution is -2.13. The molecule has 0 atom stereocenters. The van der Waals surface area contributed by atoms with Crippen molar-refractivity contribution in [2.24, 2.45) is 0 Å². The Morgan fingerprint density at radius 3 is 2.47 bits per heavy atom. The number of hydrogen-bond acceptors (Lipinski definition) is 2. The van der Waals surface area contributed by atoms with Gasteiger partial charge in [0.15, 0.2) is 5.78 Å². The number of benzene rings is 1. The molecule has 0 saturated heterocycles. The van der Waals surface area contributed by atoms with E-state index >= 15 is 0 Å². The van der Waals surface area contributed by atoms with Gasteiger partial charge in [-0.25, -0.2) is 0 Å². The molecule has 17 heavy (non-hydrogen) atoms. The first-order valence-electron chi connectivity index (χ1n) is 4.52. The molecular formula is C11H7BrF3NO. The zero-order chi connectivity index (χ0) is 13.2. The molecule has 0 aliphatic carbocycles. The third-order valence-electron chi connectivity index (χ3n) is 2.26. The maximum absolute atomic E-state index is 12.7. The van der Waals surface area contributed by atoms with E-state index in [-0.39, 0.29) is 22.0 Å². The SMILES string of the molecule is Cc1c(C(=O)CBr)cc(C#N)cc1C(F)(F)F. The molecule has 0 aliphatic heterocycles. The summed E-state index contributed by atoms with van der Waals surface area (Å²) in [7, 11) is 0. The first kappa shape index (κ1) is 13.7. The maximum Gasteiger partial charge on any atom is 0.416 e. The summed E-state index contributed by atoms with van der Waals surface area (Å²) in [5.41, 5.74) is -1.35. The lowest BCUT2D eigenvalue weighted by atomic mass is 9.96. The molecule has 0 aliphatic rings. The molecule has 0 radical (unpaired) electrons. The summed E-state index contributed by atoms with van der Waals surface area (Å²) >= 11 is 2.89. The van der Waals surface area contributed by atoms with Crippen molar-refractivity contribution >= 4 is 21.7 Å². The molecule has 1 aromatic rings. The van der Waals surface area contributed by atoms with Crippen LogP contribution in [0.25, 0.3) is 0 Å². The van der Waals surface area contributed by atoms with Crippen LogP contribution >= 0.6 is 15.9 Å². The fourth-order valence-electron chi connectivity index (χ4n) is 1.43. The summed E-state index contributed by atoms with van der Waals surface area (Å²) in [6.45, 7) is 1.22. The van der Waals surface area contributed by atoms with Crippen LogP contribution in [-0.2, 0) is 6.18 Å². The molecular weight excluding hydrogens is 299 g/mol. The van der Waals surface area contributed by atoms with Gasteiger partial charge in [-0.1, -0.05) is 15.9 Å². The van der Waals surface area contributed by atoms with Crippen LogP contribution in [0.2, 0.25) is 0 Å². The van der Waals surface area contributed by atoms with E-state index in [1.54, 1.807) is 6.07 Å². The van der Waals surface area contributed by atoms with E-state index < -0.39 is 17.5 Å². The van der Waals surface area contributed by atoms with Gasteiger partial charge in [-0.3, -0.25) is 4.79 Å². The van der Waals surface area contributed by atoms with E-state index in [4.69, 9.17) is 5.26 Å². The molecule has 0 aromatic heterocycles. The van der Waals surface area contributed by atoms with Gasteiger partial charge in [-0.05, 0) is 24.6 Å². The number of nitrogens with zero attached hydrogens (tertiary/aromatic N) is 1. The number of carbonyl (C=O) groups excluding carboxylic acids is 1. The van der Waals surface area contributed by atoms with Crippen LogP contribution in [0.15, 0.2) is 12.1 Å². The summed E-state index contributed by atoms with van der Waals surface area (Å²) in [6, 6.07) is 3.54. The number of halogens is 4. The average molecular weight is 306 g/mol. The zero-order valence-electron chi connectivity index (χ0n) is 8.73. The summed E-state index contributed by atoms with van der Waals surface area (Å²) in [5.74, 6) is -0.481. The van der Waals surface area contributed by atoms with Crippen molar-refractivity contribution in [3.63, 3.8) is 0 Å². The van der Waals surface area contributed by atoms with E-state index in [1.807, 2.05) is 0 Å². The molecule has 0 fully saturated rings. The van der Waals surface area contributed by atoms with Crippen molar-refractivity contribution in [1.29, 1.82) is 5.26 Å². The quantitative estimate of drug-likeness (QED) is 0.620. The minimum absolute atomic E-state index is 0.0757. The molecule has 0 bridgehead atoms. The van der Waals surface area contributed by atoms with Gasteiger partial charge in [0.2, 0.25) is 0 Å². The number of rotatable bonds is 2. The van der Waals surface area contributed by atoms with Gasteiger partial charge in [0, 0.05) is 5.56 Å². The van der Waals surface area contributed by atoms with Crippen LogP contribution in [0.3, 0.4) is 0 Å². The van der Waals surface area contributed by atoms with Gasteiger partial charge >= 0.3 is 6.18 Å². The lowest BCUT2D eigenvalue weighted by Gasteiger charge is -2.13. The molecule has 0 unspecified atom stereocenters. The van der Waals surface area contributed by atoms with E-state index in [0.717, 1.165) is 6.07 Å². The van der Waals surface area contributed by atoms with Crippen LogP contribution in [0.1, 0.15) is 27.0 Å². The lowest BCUT2D eigenvalue weighted by molar-refractivity contribution is -0.138. The minimum atomic E-state index is -4.57. The second-order valence-electron chi connectivity index (χ2n) is 3.36. The Bertz CT molecular complexity index is 503. The predicted molar refractivity (Wildman–Crippen MR) is 59.0 cm³/mol. The van der Waals surface area contributed by atoms with Gasteiger partial charge in [0.25, 0.3) is 0 Å². The van der Waals surface area contributed by atoms with Crippen molar-refractivity contribution in [1.82, 2.24) is 0 Å². The van der Waals surface area contributed by atoms with Crippen LogP contribution in [-0.4, -0.2) is 11.1 Å². The molecule has 0 heterocycles. The smallest absolute Gasteiger partial charge is 0.293 e. The highest BCUT2D eigenvalue weighted by molar-refractivity contribution is 9.09. The second kappa shape index (κ2) is 4.88. The first-order valence-corrected chi connectivity index (χ1v) is 5.64. The van der Waals surface area contributed by atoms with Gasteiger partial charge in [0.1, 0.15) is 0 Å². The number of nitriles is 1. The maximum atomic E-state index is 12.7. The fraction of sp³-hybridized carbons (Fsp3) is 0.273. The number of alkyl halides is 4. The van der Waals surface area contributed by atoms with Crippen LogP contribution in [0.4, 0.5) is 13.2 Å². The van der Waals surface area contributed by atoms with Crippen molar-refractivity contribution in [2.45, 2.75) is 13.1 Å². The molecule has 0 N–H and O–H groups in total. The molecule has 0 spiro atoms. The van der Waals surface area contributed by atoms with Crippen LogP contribution in [0, 0.1) is 18.3 Å². The van der Waals surface area contributed by atoms with Gasteiger partial charge in [0.05, 0.1) is 22.5 Å². The second-order valence-corrected chi connectivity index (χ2v) is 3.92. The van der Waals surface area contributed by atoms with E-state index in [9.17, 15) is 18.0 Å². The van der Waals surface area contributed by atoms with Gasteiger partial charge in [-0.15, -0.1) is 0 Å². The summed E-state index contributed by atoms with van der Waals surface area (Å²) < 4.78 is 38.0. The van der Waals surface area contributed by atoms with Crippen molar-refractivity contribution in [3.05, 3.63) is 34.4 Å². The average Bonchev–Trinajstić information content (AvgIpc) is 2.26. The Morgan fingerprint density at radius 2 is 2.06 bits per heavy atom. The van der Waals surface area contributed by atoms with E-state index in [2.05, 4.69) is 15.9 Å². The fourth-order valence-corrected chi connectivity index (χ4v) is 1.74. The Morgan fingerprint density at radius 1 is 1.47 bits per heavy atom. The Balaban J connectivity index is 3.54. The zero-order valence-corrected chi connectivity index (χ0v) is 10.3. The monoisotopic (exact) mass is 305 g/mol. The number of Topliss-reactive ketones (excluding diaryl/α,β-unsaturated/α-hetero) is 1. The highest BCUT2D eigenvalue weighted by Gasteiger charge is 2.34. The first-order chi connectivity index (χ1) is 7.81. The highest BCUT2D eigenvalue weighted by atomic mass is 79.9. The third kappa shape index (κ3) is 2.86. The summed E-state index contributed by atoms with van der Waals surface area (Å²) in [6.07, 6.45) is -4.57. The van der Waals surface area contributed by atoms with Crippen molar-refractivity contribution in [2.75, 3.05) is 5.33 Å². The van der Waals surface area contributed by atoms with Crippen molar-refractivity contribution < 1.29 is 18.0 Å². The Kier molecular flexibility index (Phi) is 3.94. The van der Waals surface area contributed by atoms with Crippen molar-refractivity contribution in [3.8, 4) is 6.07 Å². The molecule has 0 saturated carbocycles. The topological polar surface area (TPSA) is 40.9 Å². The van der Waals surface area contributed by atoms with Gasteiger partial charge < -0.3 is 0 Å². The highest BCUT2D eigenvalue weighted by Crippen LogP contribution is 2.34.